The van der Waals surface area contributed by atoms with Crippen molar-refractivity contribution >= 4 is 34.4 Å². The fourth-order valence-corrected chi connectivity index (χ4v) is 4.50. The van der Waals surface area contributed by atoms with Crippen molar-refractivity contribution in [2.75, 3.05) is 13.1 Å². The molecule has 0 radical (unpaired) electrons. The lowest BCUT2D eigenvalue weighted by Gasteiger charge is -2.31. The Kier molecular flexibility index (Phi) is 6.00. The van der Waals surface area contributed by atoms with Crippen LogP contribution in [-0.2, 0) is 6.54 Å². The third kappa shape index (κ3) is 4.62. The topological polar surface area (TPSA) is 140 Å². The second kappa shape index (κ2) is 9.26. The highest BCUT2D eigenvalue weighted by molar-refractivity contribution is 6.30. The predicted molar refractivity (Wildman–Crippen MR) is 127 cm³/mol. The molecule has 0 saturated carbocycles. The predicted octanol–water partition coefficient (Wildman–Crippen LogP) is 3.14. The summed E-state index contributed by atoms with van der Waals surface area (Å²) in [6, 6.07) is 13.1. The summed E-state index contributed by atoms with van der Waals surface area (Å²) >= 11 is 6.08. The first kappa shape index (κ1) is 22.7. The molecule has 2 aromatic heterocycles. The van der Waals surface area contributed by atoms with Crippen LogP contribution in [0, 0.1) is 10.1 Å². The van der Waals surface area contributed by atoms with Crippen LogP contribution in [-0.4, -0.2) is 53.8 Å². The number of hydrogen-bond donors (Lipinski definition) is 1. The van der Waals surface area contributed by atoms with Gasteiger partial charge in [-0.1, -0.05) is 35.0 Å². The minimum Gasteiger partial charge on any atom is -0.339 e. The monoisotopic (exact) mass is 493 g/mol. The van der Waals surface area contributed by atoms with Crippen molar-refractivity contribution in [3.8, 4) is 0 Å². The molecule has 1 aliphatic rings. The van der Waals surface area contributed by atoms with E-state index in [4.69, 9.17) is 11.6 Å². The van der Waals surface area contributed by atoms with Gasteiger partial charge >= 0.3 is 0 Å². The average Bonchev–Trinajstić information content (AvgIpc) is 3.27. The molecule has 0 aliphatic carbocycles. The van der Waals surface area contributed by atoms with Crippen molar-refractivity contribution in [2.45, 2.75) is 25.3 Å². The summed E-state index contributed by atoms with van der Waals surface area (Å²) in [6.45, 7) is 1.24. The van der Waals surface area contributed by atoms with Crippen molar-refractivity contribution in [2.24, 2.45) is 0 Å². The molecule has 2 aromatic carbocycles. The summed E-state index contributed by atoms with van der Waals surface area (Å²) in [5.74, 6) is 0.211. The highest BCUT2D eigenvalue weighted by Gasteiger charge is 2.27. The van der Waals surface area contributed by atoms with Crippen LogP contribution in [0.25, 0.3) is 11.2 Å². The number of nitrogens with zero attached hydrogens (tertiary/aromatic N) is 6. The zero-order valence-electron chi connectivity index (χ0n) is 18.4. The van der Waals surface area contributed by atoms with Gasteiger partial charge in [0.25, 0.3) is 17.2 Å². The van der Waals surface area contributed by atoms with Gasteiger partial charge in [-0.25, -0.2) is 9.67 Å². The fourth-order valence-electron chi connectivity index (χ4n) is 4.28. The Morgan fingerprint density at radius 1 is 1.17 bits per heavy atom. The molecule has 0 bridgehead atoms. The van der Waals surface area contributed by atoms with Gasteiger partial charge in [-0.05, 0) is 36.6 Å². The number of amides is 1. The molecule has 0 unspecified atom stereocenters. The number of nitro groups is 1. The number of carbonyl (C=O) groups excluding carboxylic acids is 1. The number of nitrogens with one attached hydrogen (secondary N) is 1. The molecule has 178 valence electrons. The maximum Gasteiger partial charge on any atom is 0.281 e. The quantitative estimate of drug-likeness (QED) is 0.332. The molecule has 5 rings (SSSR count). The number of piperidine rings is 1. The molecule has 1 fully saturated rings. The van der Waals surface area contributed by atoms with Crippen LogP contribution in [0.2, 0.25) is 5.02 Å². The number of non-ortho nitro benzene ring substituents is 1. The van der Waals surface area contributed by atoms with E-state index in [2.05, 4.69) is 20.3 Å². The fraction of sp³-hybridized carbons (Fsp3) is 0.261. The van der Waals surface area contributed by atoms with E-state index in [0.29, 0.717) is 49.0 Å². The van der Waals surface area contributed by atoms with Gasteiger partial charge < -0.3 is 9.88 Å². The zero-order chi connectivity index (χ0) is 24.5. The first-order chi connectivity index (χ1) is 16.9. The van der Waals surface area contributed by atoms with E-state index in [-0.39, 0.29) is 34.2 Å². The maximum atomic E-state index is 12.9. The molecular weight excluding hydrogens is 474 g/mol. The Bertz CT molecular complexity index is 1490. The number of aromatic amines is 1. The van der Waals surface area contributed by atoms with E-state index in [1.807, 2.05) is 18.2 Å². The molecule has 0 atom stereocenters. The van der Waals surface area contributed by atoms with Crippen molar-refractivity contribution in [3.05, 3.63) is 91.0 Å². The summed E-state index contributed by atoms with van der Waals surface area (Å²) in [4.78, 5) is 45.2. The highest BCUT2D eigenvalue weighted by atomic mass is 35.5. The van der Waals surface area contributed by atoms with Crippen LogP contribution in [0.1, 0.15) is 40.5 Å². The number of benzene rings is 2. The molecule has 1 N–H and O–H groups in total. The summed E-state index contributed by atoms with van der Waals surface area (Å²) in [5.41, 5.74) is 1.25. The molecule has 12 heteroatoms. The number of hydrogen-bond acceptors (Lipinski definition) is 7. The van der Waals surface area contributed by atoms with Gasteiger partial charge in [0.1, 0.15) is 5.82 Å². The molecule has 35 heavy (non-hydrogen) atoms. The minimum atomic E-state index is -0.521. The number of aromatic nitrogens is 5. The highest BCUT2D eigenvalue weighted by Crippen LogP contribution is 2.27. The number of carbonyl (C=O) groups is 1. The maximum absolute atomic E-state index is 12.9. The lowest BCUT2D eigenvalue weighted by Crippen LogP contribution is -2.38. The van der Waals surface area contributed by atoms with E-state index in [1.54, 1.807) is 21.7 Å². The first-order valence-corrected chi connectivity index (χ1v) is 11.4. The van der Waals surface area contributed by atoms with E-state index in [9.17, 15) is 19.7 Å². The van der Waals surface area contributed by atoms with E-state index in [0.717, 1.165) is 5.56 Å². The van der Waals surface area contributed by atoms with Crippen LogP contribution >= 0.6 is 11.6 Å². The van der Waals surface area contributed by atoms with Gasteiger partial charge in [-0.2, -0.15) is 0 Å². The zero-order valence-corrected chi connectivity index (χ0v) is 19.2. The van der Waals surface area contributed by atoms with Crippen LogP contribution < -0.4 is 5.56 Å². The largest absolute Gasteiger partial charge is 0.339 e. The number of likely N-dealkylation sites (tertiary alicyclic amines) is 1. The Morgan fingerprint density at radius 2 is 1.94 bits per heavy atom. The molecule has 1 saturated heterocycles. The van der Waals surface area contributed by atoms with Gasteiger partial charge in [-0.3, -0.25) is 19.7 Å². The van der Waals surface area contributed by atoms with Crippen LogP contribution in [0.5, 0.6) is 0 Å². The molecule has 3 heterocycles. The molecule has 1 amide bonds. The van der Waals surface area contributed by atoms with E-state index >= 15 is 0 Å². The van der Waals surface area contributed by atoms with Gasteiger partial charge in [-0.15, -0.1) is 5.10 Å². The van der Waals surface area contributed by atoms with Crippen molar-refractivity contribution in [1.82, 2.24) is 29.9 Å². The molecule has 0 spiro atoms. The van der Waals surface area contributed by atoms with Gasteiger partial charge in [0.15, 0.2) is 11.2 Å². The average molecular weight is 494 g/mol. The lowest BCUT2D eigenvalue weighted by molar-refractivity contribution is -0.384. The van der Waals surface area contributed by atoms with Gasteiger partial charge in [0, 0.05) is 41.7 Å². The normalized spacial score (nSPS) is 14.4. The smallest absolute Gasteiger partial charge is 0.281 e. The third-order valence-corrected chi connectivity index (χ3v) is 6.32. The summed E-state index contributed by atoms with van der Waals surface area (Å²) in [5, 5.41) is 19.7. The standard InChI is InChI=1S/C23H20ClN7O4/c24-17-5-1-3-14(11-17)13-30-21-19(27-28-30)22(32)26-20(25-21)15-7-9-29(10-8-15)23(33)16-4-2-6-18(12-16)31(34)35/h1-6,11-12,15H,7-10,13H2,(H,25,26,32). The summed E-state index contributed by atoms with van der Waals surface area (Å²) in [6.07, 6.45) is 1.18. The second-order valence-electron chi connectivity index (χ2n) is 8.37. The number of halogens is 1. The minimum absolute atomic E-state index is 0.0595. The van der Waals surface area contributed by atoms with Crippen LogP contribution in [0.4, 0.5) is 5.69 Å². The van der Waals surface area contributed by atoms with Gasteiger partial charge in [0.2, 0.25) is 0 Å². The van der Waals surface area contributed by atoms with Crippen molar-refractivity contribution in [1.29, 1.82) is 0 Å². The summed E-state index contributed by atoms with van der Waals surface area (Å²) in [7, 11) is 0. The Labute approximate surface area is 203 Å². The summed E-state index contributed by atoms with van der Waals surface area (Å²) < 4.78 is 1.57. The van der Waals surface area contributed by atoms with E-state index < -0.39 is 4.92 Å². The van der Waals surface area contributed by atoms with E-state index in [1.165, 1.54) is 18.2 Å². The SMILES string of the molecule is O=C(c1cccc([N+](=O)[O-])c1)N1CCC(c2nc3c(nnn3Cc3cccc(Cl)c3)c(=O)[nH]2)CC1. The number of H-pyrrole nitrogens is 1. The number of nitro benzene ring substituents is 1. The van der Waals surface area contributed by atoms with Crippen molar-refractivity contribution in [3.63, 3.8) is 0 Å². The van der Waals surface area contributed by atoms with Crippen LogP contribution in [0.3, 0.4) is 0 Å². The number of fused-ring (bicyclic) bond motifs is 1. The Morgan fingerprint density at radius 3 is 2.69 bits per heavy atom. The Balaban J connectivity index is 1.33. The Hall–Kier alpha value is -4.12. The molecule has 11 nitrogen and oxygen atoms in total. The molecular formula is C23H20ClN7O4. The first-order valence-electron chi connectivity index (χ1n) is 11.0. The lowest BCUT2D eigenvalue weighted by atomic mass is 9.95. The molecule has 4 aromatic rings. The van der Waals surface area contributed by atoms with Gasteiger partial charge in [0.05, 0.1) is 11.5 Å². The number of rotatable bonds is 5. The second-order valence-corrected chi connectivity index (χ2v) is 8.81. The molecule has 1 aliphatic heterocycles. The van der Waals surface area contributed by atoms with Crippen LogP contribution in [0.15, 0.2) is 53.3 Å². The third-order valence-electron chi connectivity index (χ3n) is 6.09. The van der Waals surface area contributed by atoms with Crippen molar-refractivity contribution < 1.29 is 9.72 Å².